The lowest BCUT2D eigenvalue weighted by molar-refractivity contribution is -0.141. The van der Waals surface area contributed by atoms with E-state index in [1.54, 1.807) is 18.2 Å². The first-order valence-electron chi connectivity index (χ1n) is 9.54. The maximum Gasteiger partial charge on any atom is 0.307 e. The number of methoxy groups -OCH3 is 3. The Morgan fingerprint density at radius 1 is 1.13 bits per heavy atom. The van der Waals surface area contributed by atoms with E-state index in [2.05, 4.69) is 10.6 Å². The number of hydrogen-bond acceptors (Lipinski definition) is 6. The Labute approximate surface area is 178 Å². The number of carbonyl (C=O) groups is 3. The van der Waals surface area contributed by atoms with Gasteiger partial charge in [0.2, 0.25) is 11.8 Å². The normalized spacial score (nSPS) is 15.9. The summed E-state index contributed by atoms with van der Waals surface area (Å²) in [5.74, 6) is -1.81. The third kappa shape index (κ3) is 4.93. The van der Waals surface area contributed by atoms with Crippen LogP contribution >= 0.6 is 0 Å². The van der Waals surface area contributed by atoms with Crippen molar-refractivity contribution in [1.29, 1.82) is 0 Å². The Balaban J connectivity index is 1.91. The summed E-state index contributed by atoms with van der Waals surface area (Å²) in [5.41, 5.74) is 1.35. The number of amides is 2. The number of ether oxygens (including phenoxy) is 3. The second kappa shape index (κ2) is 9.46. The van der Waals surface area contributed by atoms with Crippen molar-refractivity contribution in [2.24, 2.45) is 0 Å². The Morgan fingerprint density at radius 2 is 1.87 bits per heavy atom. The first-order valence-corrected chi connectivity index (χ1v) is 9.54. The number of rotatable bonds is 7. The molecule has 0 radical (unpaired) electrons. The van der Waals surface area contributed by atoms with Gasteiger partial charge in [0.05, 0.1) is 39.7 Å². The Hall–Kier alpha value is -3.62. The number of carbonyl (C=O) groups excluding carboxylic acids is 3. The zero-order valence-corrected chi connectivity index (χ0v) is 17.4. The minimum Gasteiger partial charge on any atom is -0.493 e. The number of nitrogens with one attached hydrogen (secondary N) is 2. The lowest BCUT2D eigenvalue weighted by atomic mass is 9.89. The summed E-state index contributed by atoms with van der Waals surface area (Å²) in [7, 11) is 4.23. The molecule has 0 saturated heterocycles. The van der Waals surface area contributed by atoms with E-state index in [0.29, 0.717) is 22.6 Å². The monoisotopic (exact) mass is 430 g/mol. The largest absolute Gasteiger partial charge is 0.493 e. The molecule has 0 saturated carbocycles. The van der Waals surface area contributed by atoms with Gasteiger partial charge in [0.1, 0.15) is 5.82 Å². The van der Waals surface area contributed by atoms with Crippen LogP contribution in [0.2, 0.25) is 0 Å². The van der Waals surface area contributed by atoms with Gasteiger partial charge in [0.15, 0.2) is 11.5 Å². The average Bonchev–Trinajstić information content (AvgIpc) is 2.76. The van der Waals surface area contributed by atoms with Gasteiger partial charge in [0.25, 0.3) is 0 Å². The third-order valence-electron chi connectivity index (χ3n) is 5.10. The zero-order valence-electron chi connectivity index (χ0n) is 17.4. The van der Waals surface area contributed by atoms with E-state index in [1.807, 2.05) is 0 Å². The first kappa shape index (κ1) is 22.1. The standard InChI is InChI=1S/C22H23FN2O6/c1-29-18-7-4-12(8-19(18)30-2)16(11-21(27)31-3)25-22(28)15-10-20(26)24-17-9-13(23)5-6-14(15)17/h4-9,15-16H,10-11H2,1-3H3,(H,24,26)(H,25,28). The molecule has 0 aromatic heterocycles. The van der Waals surface area contributed by atoms with Crippen molar-refractivity contribution in [2.45, 2.75) is 24.8 Å². The fraction of sp³-hybridized carbons (Fsp3) is 0.318. The number of fused-ring (bicyclic) bond motifs is 1. The van der Waals surface area contributed by atoms with Crippen LogP contribution in [0, 0.1) is 5.82 Å². The van der Waals surface area contributed by atoms with E-state index >= 15 is 0 Å². The van der Waals surface area contributed by atoms with Gasteiger partial charge in [0, 0.05) is 12.1 Å². The average molecular weight is 430 g/mol. The molecule has 1 aliphatic heterocycles. The number of benzene rings is 2. The highest BCUT2D eigenvalue weighted by Gasteiger charge is 2.33. The molecule has 0 spiro atoms. The molecule has 0 fully saturated rings. The van der Waals surface area contributed by atoms with Gasteiger partial charge < -0.3 is 24.8 Å². The molecule has 1 aliphatic rings. The molecule has 2 aromatic carbocycles. The summed E-state index contributed by atoms with van der Waals surface area (Å²) < 4.78 is 28.9. The van der Waals surface area contributed by atoms with Crippen molar-refractivity contribution in [3.63, 3.8) is 0 Å². The Kier molecular flexibility index (Phi) is 6.74. The molecule has 1 heterocycles. The minimum atomic E-state index is -0.829. The highest BCUT2D eigenvalue weighted by Crippen LogP contribution is 2.35. The summed E-state index contributed by atoms with van der Waals surface area (Å²) in [6.45, 7) is 0. The highest BCUT2D eigenvalue weighted by atomic mass is 19.1. The second-order valence-corrected chi connectivity index (χ2v) is 6.99. The van der Waals surface area contributed by atoms with Crippen molar-refractivity contribution in [2.75, 3.05) is 26.6 Å². The topological polar surface area (TPSA) is 103 Å². The van der Waals surface area contributed by atoms with Crippen molar-refractivity contribution < 1.29 is 33.0 Å². The Bertz CT molecular complexity index is 1010. The number of hydrogen-bond donors (Lipinski definition) is 2. The predicted molar refractivity (Wildman–Crippen MR) is 109 cm³/mol. The molecule has 8 nitrogen and oxygen atoms in total. The van der Waals surface area contributed by atoms with E-state index in [0.717, 1.165) is 0 Å². The first-order chi connectivity index (χ1) is 14.9. The van der Waals surface area contributed by atoms with Crippen molar-refractivity contribution >= 4 is 23.5 Å². The van der Waals surface area contributed by atoms with Crippen molar-refractivity contribution in [3.05, 3.63) is 53.3 Å². The highest BCUT2D eigenvalue weighted by molar-refractivity contribution is 6.01. The summed E-state index contributed by atoms with van der Waals surface area (Å²) in [4.78, 5) is 37.2. The third-order valence-corrected chi connectivity index (χ3v) is 5.10. The fourth-order valence-electron chi connectivity index (χ4n) is 3.52. The molecule has 31 heavy (non-hydrogen) atoms. The van der Waals surface area contributed by atoms with Gasteiger partial charge in [-0.25, -0.2) is 4.39 Å². The van der Waals surface area contributed by atoms with Crippen LogP contribution in [0.15, 0.2) is 36.4 Å². The fourth-order valence-corrected chi connectivity index (χ4v) is 3.52. The van der Waals surface area contributed by atoms with Crippen molar-refractivity contribution in [3.8, 4) is 11.5 Å². The summed E-state index contributed by atoms with van der Waals surface area (Å²) in [5, 5.41) is 5.40. The van der Waals surface area contributed by atoms with E-state index in [-0.39, 0.29) is 18.5 Å². The molecule has 0 aliphatic carbocycles. The summed E-state index contributed by atoms with van der Waals surface area (Å²) in [6, 6.07) is 8.16. The summed E-state index contributed by atoms with van der Waals surface area (Å²) in [6.07, 6.45) is -0.228. The zero-order chi connectivity index (χ0) is 22.5. The molecule has 0 bridgehead atoms. The van der Waals surface area contributed by atoms with Gasteiger partial charge in [-0.1, -0.05) is 12.1 Å². The lowest BCUT2D eigenvalue weighted by Crippen LogP contribution is -2.38. The van der Waals surface area contributed by atoms with Crippen LogP contribution < -0.4 is 20.1 Å². The SMILES string of the molecule is COC(=O)CC(NC(=O)C1CC(=O)Nc2cc(F)ccc21)c1ccc(OC)c(OC)c1. The molecule has 2 amide bonds. The molecule has 2 N–H and O–H groups in total. The molecular formula is C22H23FN2O6. The maximum atomic E-state index is 13.6. The number of anilines is 1. The smallest absolute Gasteiger partial charge is 0.307 e. The van der Waals surface area contributed by atoms with Gasteiger partial charge in [-0.2, -0.15) is 0 Å². The predicted octanol–water partition coefficient (Wildman–Crippen LogP) is 2.69. The van der Waals surface area contributed by atoms with Crippen LogP contribution in [0.5, 0.6) is 11.5 Å². The van der Waals surface area contributed by atoms with Crippen LogP contribution in [-0.2, 0) is 19.1 Å². The maximum absolute atomic E-state index is 13.6. The van der Waals surface area contributed by atoms with Crippen LogP contribution in [0.4, 0.5) is 10.1 Å². The van der Waals surface area contributed by atoms with Crippen LogP contribution in [0.3, 0.4) is 0 Å². The van der Waals surface area contributed by atoms with Gasteiger partial charge in [-0.05, 0) is 35.4 Å². The molecule has 9 heteroatoms. The van der Waals surface area contributed by atoms with Crippen LogP contribution in [0.1, 0.15) is 35.9 Å². The number of halogens is 1. The van der Waals surface area contributed by atoms with E-state index in [4.69, 9.17) is 14.2 Å². The Morgan fingerprint density at radius 3 is 2.55 bits per heavy atom. The van der Waals surface area contributed by atoms with E-state index in [1.165, 1.54) is 39.5 Å². The van der Waals surface area contributed by atoms with E-state index < -0.39 is 35.6 Å². The molecular weight excluding hydrogens is 407 g/mol. The lowest BCUT2D eigenvalue weighted by Gasteiger charge is -2.27. The minimum absolute atomic E-state index is 0.0959. The van der Waals surface area contributed by atoms with E-state index in [9.17, 15) is 18.8 Å². The molecule has 2 atom stereocenters. The van der Waals surface area contributed by atoms with Crippen LogP contribution in [0.25, 0.3) is 0 Å². The second-order valence-electron chi connectivity index (χ2n) is 6.99. The van der Waals surface area contributed by atoms with Gasteiger partial charge in [-0.15, -0.1) is 0 Å². The quantitative estimate of drug-likeness (QED) is 0.655. The molecule has 3 rings (SSSR count). The van der Waals surface area contributed by atoms with Crippen LogP contribution in [-0.4, -0.2) is 39.1 Å². The van der Waals surface area contributed by atoms with Gasteiger partial charge >= 0.3 is 5.97 Å². The molecule has 164 valence electrons. The number of esters is 1. The van der Waals surface area contributed by atoms with Gasteiger partial charge in [-0.3, -0.25) is 14.4 Å². The molecule has 2 aromatic rings. The summed E-state index contributed by atoms with van der Waals surface area (Å²) >= 11 is 0. The van der Waals surface area contributed by atoms with Crippen molar-refractivity contribution in [1.82, 2.24) is 5.32 Å². The molecule has 2 unspecified atom stereocenters.